The van der Waals surface area contributed by atoms with E-state index < -0.39 is 5.92 Å². The zero-order valence-electron chi connectivity index (χ0n) is 14.7. The van der Waals surface area contributed by atoms with E-state index in [2.05, 4.69) is 10.6 Å². The van der Waals surface area contributed by atoms with Crippen LogP contribution in [0, 0.1) is 5.92 Å². The molecule has 0 aromatic carbocycles. The van der Waals surface area contributed by atoms with Gasteiger partial charge < -0.3 is 25.2 Å². The van der Waals surface area contributed by atoms with E-state index in [9.17, 15) is 14.4 Å². The van der Waals surface area contributed by atoms with Gasteiger partial charge in [-0.3, -0.25) is 14.4 Å². The predicted molar refractivity (Wildman–Crippen MR) is 90.6 cm³/mol. The molecule has 0 aromatic heterocycles. The molecule has 8 nitrogen and oxygen atoms in total. The second-order valence-corrected chi connectivity index (χ2v) is 5.93. The number of rotatable bonds is 7. The number of allylic oxidation sites excluding steroid dienone is 2. The van der Waals surface area contributed by atoms with Gasteiger partial charge in [0.05, 0.1) is 31.8 Å². The Morgan fingerprint density at radius 3 is 2.96 bits per heavy atom. The monoisotopic (exact) mass is 356 g/mol. The predicted octanol–water partition coefficient (Wildman–Crippen LogP) is -0.0942. The first-order valence-electron chi connectivity index (χ1n) is 8.59. The molecular formula is C17H28N2O6. The molecule has 1 aliphatic heterocycles. The minimum absolute atomic E-state index is 0.0595. The van der Waals surface area contributed by atoms with E-state index >= 15 is 0 Å². The first-order valence-corrected chi connectivity index (χ1v) is 8.59. The fraction of sp³-hybridized carbons (Fsp3) is 0.706. The number of esters is 1. The van der Waals surface area contributed by atoms with E-state index in [1.165, 1.54) is 0 Å². The largest absolute Gasteiger partial charge is 0.463 e. The molecule has 0 bridgehead atoms. The normalized spacial score (nSPS) is 22.3. The Morgan fingerprint density at radius 2 is 2.20 bits per heavy atom. The molecule has 0 saturated carbocycles. The summed E-state index contributed by atoms with van der Waals surface area (Å²) in [4.78, 5) is 35.8. The van der Waals surface area contributed by atoms with Gasteiger partial charge in [-0.05, 0) is 19.8 Å². The highest BCUT2D eigenvalue weighted by Crippen LogP contribution is 2.12. The first-order chi connectivity index (χ1) is 12.0. The van der Waals surface area contributed by atoms with Crippen molar-refractivity contribution in [3.05, 3.63) is 12.2 Å². The lowest BCUT2D eigenvalue weighted by Gasteiger charge is -2.20. The van der Waals surface area contributed by atoms with Crippen LogP contribution in [0.4, 0.5) is 0 Å². The SMILES string of the molecule is C[C@H]1COC(=O)CCC=CC[C@H](CC(=O)NCCOCCO)C(=O)N1. The van der Waals surface area contributed by atoms with Gasteiger partial charge in [0.25, 0.3) is 0 Å². The lowest BCUT2D eigenvalue weighted by Crippen LogP contribution is -2.42. The summed E-state index contributed by atoms with van der Waals surface area (Å²) >= 11 is 0. The third-order valence-corrected chi connectivity index (χ3v) is 3.59. The van der Waals surface area contributed by atoms with E-state index in [1.54, 1.807) is 6.92 Å². The van der Waals surface area contributed by atoms with Crippen LogP contribution in [0.15, 0.2) is 12.2 Å². The van der Waals surface area contributed by atoms with Gasteiger partial charge in [-0.25, -0.2) is 0 Å². The maximum Gasteiger partial charge on any atom is 0.306 e. The van der Waals surface area contributed by atoms with Gasteiger partial charge in [-0.15, -0.1) is 0 Å². The van der Waals surface area contributed by atoms with Crippen molar-refractivity contribution in [2.45, 2.75) is 38.6 Å². The molecule has 1 aliphatic rings. The Hall–Kier alpha value is -1.93. The molecule has 0 aliphatic carbocycles. The third-order valence-electron chi connectivity index (χ3n) is 3.59. The van der Waals surface area contributed by atoms with Gasteiger partial charge in [0.2, 0.25) is 11.8 Å². The van der Waals surface area contributed by atoms with Crippen molar-refractivity contribution >= 4 is 17.8 Å². The van der Waals surface area contributed by atoms with Crippen molar-refractivity contribution in [2.75, 3.05) is 33.0 Å². The molecule has 8 heteroatoms. The molecule has 1 heterocycles. The molecular weight excluding hydrogens is 328 g/mol. The number of aliphatic hydroxyl groups excluding tert-OH is 1. The maximum absolute atomic E-state index is 12.4. The Morgan fingerprint density at radius 1 is 1.40 bits per heavy atom. The van der Waals surface area contributed by atoms with Crippen LogP contribution >= 0.6 is 0 Å². The molecule has 0 radical (unpaired) electrons. The highest BCUT2D eigenvalue weighted by atomic mass is 16.5. The van der Waals surface area contributed by atoms with Gasteiger partial charge >= 0.3 is 5.97 Å². The van der Waals surface area contributed by atoms with E-state index in [-0.39, 0.29) is 50.1 Å². The maximum atomic E-state index is 12.4. The van der Waals surface area contributed by atoms with Gasteiger partial charge in [0.15, 0.2) is 0 Å². The molecule has 2 atom stereocenters. The quantitative estimate of drug-likeness (QED) is 0.334. The van der Waals surface area contributed by atoms with Crippen molar-refractivity contribution in [2.24, 2.45) is 5.92 Å². The van der Waals surface area contributed by atoms with Crippen molar-refractivity contribution in [3.8, 4) is 0 Å². The fourth-order valence-corrected chi connectivity index (χ4v) is 2.28. The average Bonchev–Trinajstić information content (AvgIpc) is 2.57. The van der Waals surface area contributed by atoms with E-state index in [1.807, 2.05) is 12.2 Å². The van der Waals surface area contributed by atoms with Crippen LogP contribution in [0.2, 0.25) is 0 Å². The van der Waals surface area contributed by atoms with Crippen LogP contribution in [0.1, 0.15) is 32.6 Å². The summed E-state index contributed by atoms with van der Waals surface area (Å²) in [6.45, 7) is 2.68. The third kappa shape index (κ3) is 9.83. The van der Waals surface area contributed by atoms with E-state index in [0.29, 0.717) is 32.4 Å². The summed E-state index contributed by atoms with van der Waals surface area (Å²) in [5.41, 5.74) is 0. The lowest BCUT2D eigenvalue weighted by molar-refractivity contribution is -0.145. The highest BCUT2D eigenvalue weighted by molar-refractivity contribution is 5.86. The van der Waals surface area contributed by atoms with Crippen LogP contribution in [0.25, 0.3) is 0 Å². The van der Waals surface area contributed by atoms with E-state index in [0.717, 1.165) is 0 Å². The number of hydrogen-bond donors (Lipinski definition) is 3. The van der Waals surface area contributed by atoms with E-state index in [4.69, 9.17) is 14.6 Å². The van der Waals surface area contributed by atoms with Crippen molar-refractivity contribution in [1.29, 1.82) is 0 Å². The standard InChI is InChI=1S/C17H28N2O6/c1-13-12-25-16(22)6-4-2-3-5-14(17(23)19-13)11-15(21)18-7-9-24-10-8-20/h2-3,13-14,20H,4-12H2,1H3,(H,18,21)(H,19,23)/t13-,14+/m0/s1. The van der Waals surface area contributed by atoms with Crippen molar-refractivity contribution < 1.29 is 29.0 Å². The van der Waals surface area contributed by atoms with Crippen LogP contribution in [-0.2, 0) is 23.9 Å². The molecule has 0 aromatic rings. The zero-order chi connectivity index (χ0) is 18.5. The Balaban J connectivity index is 2.51. The van der Waals surface area contributed by atoms with Gasteiger partial charge in [-0.2, -0.15) is 0 Å². The minimum atomic E-state index is -0.479. The summed E-state index contributed by atoms with van der Waals surface area (Å²) in [5.74, 6) is -1.23. The number of nitrogens with one attached hydrogen (secondary N) is 2. The summed E-state index contributed by atoms with van der Waals surface area (Å²) in [7, 11) is 0. The Labute approximate surface area is 147 Å². The molecule has 142 valence electrons. The summed E-state index contributed by atoms with van der Waals surface area (Å²) < 4.78 is 10.1. The molecule has 2 amide bonds. The summed E-state index contributed by atoms with van der Waals surface area (Å²) in [6.07, 6.45) is 5.01. The summed E-state index contributed by atoms with van der Waals surface area (Å²) in [6, 6.07) is -0.308. The first kappa shape index (κ1) is 21.1. The van der Waals surface area contributed by atoms with Crippen LogP contribution in [-0.4, -0.2) is 61.9 Å². The molecule has 25 heavy (non-hydrogen) atoms. The Kier molecular flexibility index (Phi) is 10.5. The van der Waals surface area contributed by atoms with Gasteiger partial charge in [0, 0.05) is 19.4 Å². The Bertz CT molecular complexity index is 466. The highest BCUT2D eigenvalue weighted by Gasteiger charge is 2.22. The number of carbonyl (C=O) groups excluding carboxylic acids is 3. The summed E-state index contributed by atoms with van der Waals surface area (Å²) in [5, 5.41) is 14.1. The second kappa shape index (κ2) is 12.4. The molecule has 0 saturated heterocycles. The van der Waals surface area contributed by atoms with Gasteiger partial charge in [0.1, 0.15) is 6.61 Å². The molecule has 3 N–H and O–H groups in total. The van der Waals surface area contributed by atoms with Crippen LogP contribution in [0.3, 0.4) is 0 Å². The molecule has 0 fully saturated rings. The van der Waals surface area contributed by atoms with Crippen LogP contribution in [0.5, 0.6) is 0 Å². The zero-order valence-corrected chi connectivity index (χ0v) is 14.7. The molecule has 0 spiro atoms. The molecule has 1 rings (SSSR count). The number of aliphatic hydroxyl groups is 1. The lowest BCUT2D eigenvalue weighted by atomic mass is 9.98. The molecule has 0 unspecified atom stereocenters. The van der Waals surface area contributed by atoms with Crippen molar-refractivity contribution in [3.63, 3.8) is 0 Å². The van der Waals surface area contributed by atoms with Gasteiger partial charge in [-0.1, -0.05) is 12.2 Å². The number of carbonyl (C=O) groups is 3. The van der Waals surface area contributed by atoms with Crippen LogP contribution < -0.4 is 10.6 Å². The fourth-order valence-electron chi connectivity index (χ4n) is 2.28. The minimum Gasteiger partial charge on any atom is -0.463 e. The number of hydrogen-bond acceptors (Lipinski definition) is 6. The van der Waals surface area contributed by atoms with Crippen molar-refractivity contribution in [1.82, 2.24) is 10.6 Å². The number of ether oxygens (including phenoxy) is 2. The average molecular weight is 356 g/mol. The number of cyclic esters (lactones) is 1. The number of amides is 2. The smallest absolute Gasteiger partial charge is 0.306 e. The topological polar surface area (TPSA) is 114 Å². The second-order valence-electron chi connectivity index (χ2n) is 5.93.